The van der Waals surface area contributed by atoms with Gasteiger partial charge in [-0.05, 0) is 36.3 Å². The first kappa shape index (κ1) is 9.38. The average Bonchev–Trinajstić information content (AvgIpc) is 3.01. The Kier molecular flexibility index (Phi) is 2.62. The molecule has 74 valence electrons. The number of carbonyl (C=O) groups excluding carboxylic acids is 1. The topological polar surface area (TPSA) is 30.0 Å². The number of rotatable bonds is 4. The highest BCUT2D eigenvalue weighted by atomic mass is 16.1. The van der Waals surface area contributed by atoms with E-state index >= 15 is 0 Å². The largest absolute Gasteiger partial charge is 0.296 e. The standard InChI is InChI=1S/C12H15NO/c1-2-3-9-6-11(10-4-5-10)12(8-14)13-7-9/h6-8,10H,2-5H2,1H3. The minimum atomic E-state index is 0.611. The second-order valence-electron chi connectivity index (χ2n) is 3.96. The summed E-state index contributed by atoms with van der Waals surface area (Å²) in [6.45, 7) is 2.16. The van der Waals surface area contributed by atoms with Crippen molar-refractivity contribution in [1.82, 2.24) is 4.98 Å². The van der Waals surface area contributed by atoms with Crippen LogP contribution in [0.2, 0.25) is 0 Å². The van der Waals surface area contributed by atoms with Crippen LogP contribution in [0.15, 0.2) is 12.3 Å². The van der Waals surface area contributed by atoms with Crippen molar-refractivity contribution in [1.29, 1.82) is 0 Å². The molecular weight excluding hydrogens is 174 g/mol. The zero-order valence-corrected chi connectivity index (χ0v) is 8.49. The van der Waals surface area contributed by atoms with Gasteiger partial charge in [-0.1, -0.05) is 19.4 Å². The smallest absolute Gasteiger partial charge is 0.168 e. The van der Waals surface area contributed by atoms with Gasteiger partial charge in [0.25, 0.3) is 0 Å². The van der Waals surface area contributed by atoms with Crippen molar-refractivity contribution in [3.05, 3.63) is 29.1 Å². The van der Waals surface area contributed by atoms with Crippen LogP contribution in [0, 0.1) is 0 Å². The van der Waals surface area contributed by atoms with Crippen LogP contribution < -0.4 is 0 Å². The maximum Gasteiger partial charge on any atom is 0.168 e. The molecule has 1 aliphatic rings. The van der Waals surface area contributed by atoms with Gasteiger partial charge in [0.2, 0.25) is 0 Å². The summed E-state index contributed by atoms with van der Waals surface area (Å²) in [5, 5.41) is 0. The predicted molar refractivity (Wildman–Crippen MR) is 55.6 cm³/mol. The number of hydrogen-bond donors (Lipinski definition) is 0. The Balaban J connectivity index is 2.31. The summed E-state index contributed by atoms with van der Waals surface area (Å²) >= 11 is 0. The second kappa shape index (κ2) is 3.91. The number of aldehydes is 1. The van der Waals surface area contributed by atoms with Crippen molar-refractivity contribution < 1.29 is 4.79 Å². The fraction of sp³-hybridized carbons (Fsp3) is 0.500. The third kappa shape index (κ3) is 1.84. The summed E-state index contributed by atoms with van der Waals surface area (Å²) < 4.78 is 0. The van der Waals surface area contributed by atoms with Gasteiger partial charge in [-0.25, -0.2) is 0 Å². The van der Waals surface area contributed by atoms with Gasteiger partial charge in [0.15, 0.2) is 6.29 Å². The third-order valence-electron chi connectivity index (χ3n) is 2.67. The molecule has 0 spiro atoms. The fourth-order valence-corrected chi connectivity index (χ4v) is 1.78. The average molecular weight is 189 g/mol. The number of aromatic nitrogens is 1. The monoisotopic (exact) mass is 189 g/mol. The van der Waals surface area contributed by atoms with Gasteiger partial charge in [0.1, 0.15) is 5.69 Å². The fourth-order valence-electron chi connectivity index (χ4n) is 1.78. The lowest BCUT2D eigenvalue weighted by atomic mass is 10.0. The molecule has 0 aromatic carbocycles. The van der Waals surface area contributed by atoms with E-state index in [1.54, 1.807) is 0 Å². The van der Waals surface area contributed by atoms with Gasteiger partial charge in [0.05, 0.1) is 0 Å². The molecule has 0 amide bonds. The van der Waals surface area contributed by atoms with Crippen molar-refractivity contribution in [3.63, 3.8) is 0 Å². The van der Waals surface area contributed by atoms with Gasteiger partial charge < -0.3 is 0 Å². The highest BCUT2D eigenvalue weighted by molar-refractivity contribution is 5.75. The lowest BCUT2D eigenvalue weighted by molar-refractivity contribution is 0.111. The zero-order valence-electron chi connectivity index (χ0n) is 8.49. The van der Waals surface area contributed by atoms with Gasteiger partial charge >= 0.3 is 0 Å². The molecule has 0 atom stereocenters. The molecule has 1 saturated carbocycles. The molecule has 0 saturated heterocycles. The molecule has 1 heterocycles. The quantitative estimate of drug-likeness (QED) is 0.682. The van der Waals surface area contributed by atoms with E-state index < -0.39 is 0 Å². The van der Waals surface area contributed by atoms with Gasteiger partial charge in [-0.2, -0.15) is 0 Å². The molecule has 0 bridgehead atoms. The van der Waals surface area contributed by atoms with E-state index in [0.29, 0.717) is 11.6 Å². The Labute approximate surface area is 84.4 Å². The first-order valence-electron chi connectivity index (χ1n) is 5.29. The number of carbonyl (C=O) groups is 1. The van der Waals surface area contributed by atoms with Crippen molar-refractivity contribution >= 4 is 6.29 Å². The molecule has 0 unspecified atom stereocenters. The summed E-state index contributed by atoms with van der Waals surface area (Å²) in [5.41, 5.74) is 3.08. The molecule has 0 radical (unpaired) electrons. The molecule has 2 rings (SSSR count). The number of pyridine rings is 1. The van der Waals surface area contributed by atoms with E-state index in [2.05, 4.69) is 18.0 Å². The van der Waals surface area contributed by atoms with Crippen molar-refractivity contribution in [2.45, 2.75) is 38.5 Å². The maximum absolute atomic E-state index is 10.8. The second-order valence-corrected chi connectivity index (χ2v) is 3.96. The summed E-state index contributed by atoms with van der Waals surface area (Å²) in [5.74, 6) is 0.611. The first-order valence-corrected chi connectivity index (χ1v) is 5.29. The van der Waals surface area contributed by atoms with Gasteiger partial charge in [0, 0.05) is 6.20 Å². The van der Waals surface area contributed by atoms with E-state index in [4.69, 9.17) is 0 Å². The Morgan fingerprint density at radius 3 is 2.93 bits per heavy atom. The lowest BCUT2D eigenvalue weighted by Crippen LogP contribution is -1.97. The SMILES string of the molecule is CCCc1cnc(C=O)c(C2CC2)c1. The summed E-state index contributed by atoms with van der Waals surface area (Å²) in [6, 6.07) is 2.16. The molecule has 1 fully saturated rings. The van der Waals surface area contributed by atoms with E-state index in [1.807, 2.05) is 6.20 Å². The third-order valence-corrected chi connectivity index (χ3v) is 2.67. The molecule has 2 heteroatoms. The van der Waals surface area contributed by atoms with Crippen LogP contribution in [0.1, 0.15) is 53.7 Å². The summed E-state index contributed by atoms with van der Waals surface area (Å²) in [6.07, 6.45) is 7.34. The first-order chi connectivity index (χ1) is 6.85. The van der Waals surface area contributed by atoms with Crippen LogP contribution in [0.5, 0.6) is 0 Å². The Morgan fingerprint density at radius 1 is 1.57 bits per heavy atom. The molecule has 2 nitrogen and oxygen atoms in total. The van der Waals surface area contributed by atoms with Crippen LogP contribution in [0.25, 0.3) is 0 Å². The zero-order chi connectivity index (χ0) is 9.97. The molecule has 1 aromatic rings. The Morgan fingerprint density at radius 2 is 2.36 bits per heavy atom. The van der Waals surface area contributed by atoms with Crippen molar-refractivity contribution in [2.24, 2.45) is 0 Å². The normalized spacial score (nSPS) is 15.5. The Hall–Kier alpha value is -1.18. The highest BCUT2D eigenvalue weighted by Gasteiger charge is 2.26. The number of hydrogen-bond acceptors (Lipinski definition) is 2. The number of aryl methyl sites for hydroxylation is 1. The molecule has 1 aliphatic carbocycles. The molecule has 0 aliphatic heterocycles. The molecule has 1 aromatic heterocycles. The molecule has 14 heavy (non-hydrogen) atoms. The van der Waals surface area contributed by atoms with Crippen molar-refractivity contribution in [2.75, 3.05) is 0 Å². The molecular formula is C12H15NO. The van der Waals surface area contributed by atoms with Crippen LogP contribution >= 0.6 is 0 Å². The molecule has 0 N–H and O–H groups in total. The maximum atomic E-state index is 10.8. The van der Waals surface area contributed by atoms with Crippen molar-refractivity contribution in [3.8, 4) is 0 Å². The van der Waals surface area contributed by atoms with Crippen LogP contribution in [-0.4, -0.2) is 11.3 Å². The van der Waals surface area contributed by atoms with Gasteiger partial charge in [-0.15, -0.1) is 0 Å². The van der Waals surface area contributed by atoms with E-state index in [0.717, 1.165) is 19.1 Å². The van der Waals surface area contributed by atoms with Crippen LogP contribution in [-0.2, 0) is 6.42 Å². The van der Waals surface area contributed by atoms with E-state index in [-0.39, 0.29) is 0 Å². The van der Waals surface area contributed by atoms with E-state index in [1.165, 1.54) is 24.0 Å². The minimum absolute atomic E-state index is 0.611. The van der Waals surface area contributed by atoms with Gasteiger partial charge in [-0.3, -0.25) is 9.78 Å². The minimum Gasteiger partial charge on any atom is -0.296 e. The lowest BCUT2D eigenvalue weighted by Gasteiger charge is -2.04. The van der Waals surface area contributed by atoms with E-state index in [9.17, 15) is 4.79 Å². The Bertz CT molecular complexity index is 342. The van der Waals surface area contributed by atoms with Crippen LogP contribution in [0.4, 0.5) is 0 Å². The van der Waals surface area contributed by atoms with Crippen LogP contribution in [0.3, 0.4) is 0 Å². The summed E-state index contributed by atoms with van der Waals surface area (Å²) in [7, 11) is 0. The highest BCUT2D eigenvalue weighted by Crippen LogP contribution is 2.41. The predicted octanol–water partition coefficient (Wildman–Crippen LogP) is 2.72. The number of nitrogens with zero attached hydrogens (tertiary/aromatic N) is 1. The summed E-state index contributed by atoms with van der Waals surface area (Å²) in [4.78, 5) is 15.0.